The summed E-state index contributed by atoms with van der Waals surface area (Å²) in [4.78, 5) is 29.0. The van der Waals surface area contributed by atoms with E-state index in [1.807, 2.05) is 0 Å². The lowest BCUT2D eigenvalue weighted by molar-refractivity contribution is -0.114. The smallest absolute Gasteiger partial charge is 0.318 e. The zero-order valence-electron chi connectivity index (χ0n) is 15.6. The van der Waals surface area contributed by atoms with Gasteiger partial charge in [-0.05, 0) is 35.9 Å². The minimum atomic E-state index is -0.977. The third kappa shape index (κ3) is 3.70. The van der Waals surface area contributed by atoms with Crippen molar-refractivity contribution in [2.75, 3.05) is 0 Å². The molecule has 7 nitrogen and oxygen atoms in total. The van der Waals surface area contributed by atoms with Gasteiger partial charge in [0.25, 0.3) is 5.78 Å². The Morgan fingerprint density at radius 3 is 2.40 bits per heavy atom. The van der Waals surface area contributed by atoms with Gasteiger partial charge in [-0.3, -0.25) is 9.59 Å². The van der Waals surface area contributed by atoms with E-state index in [4.69, 9.17) is 0 Å². The zero-order chi connectivity index (χ0) is 21.3. The molecule has 1 amide bonds. The summed E-state index contributed by atoms with van der Waals surface area (Å²) in [6.45, 7) is 0.266. The van der Waals surface area contributed by atoms with Crippen molar-refractivity contribution in [3.63, 3.8) is 0 Å². The number of aromatic hydroxyl groups is 1. The fourth-order valence-corrected chi connectivity index (χ4v) is 3.20. The monoisotopic (exact) mass is 405 g/mol. The standard InChI is InChI=1S/C22H16FN3O4/c23-15-6-4-14(5-7-15)12-25-13-18(17-2-1-3-19(27)20(17)25)21(28)22(29)24-16-8-10-26(30)11-9-16/h1-11,13,27,30H,12H2. The molecule has 0 bridgehead atoms. The van der Waals surface area contributed by atoms with Gasteiger partial charge in [0, 0.05) is 30.5 Å². The number of para-hydroxylation sites is 1. The summed E-state index contributed by atoms with van der Waals surface area (Å²) in [5.41, 5.74) is 1.25. The first kappa shape index (κ1) is 19.1. The van der Waals surface area contributed by atoms with Gasteiger partial charge in [0.1, 0.15) is 11.6 Å². The number of hydrogen-bond acceptors (Lipinski definition) is 4. The fraction of sp³-hybridized carbons (Fsp3) is 0.0455. The predicted octanol–water partition coefficient (Wildman–Crippen LogP) is 2.88. The normalized spacial score (nSPS) is 10.8. The van der Waals surface area contributed by atoms with Crippen LogP contribution in [0.3, 0.4) is 0 Å². The molecule has 0 spiro atoms. The Morgan fingerprint density at radius 2 is 1.70 bits per heavy atom. The van der Waals surface area contributed by atoms with Gasteiger partial charge >= 0.3 is 5.91 Å². The molecule has 4 rings (SSSR count). The van der Waals surface area contributed by atoms with Crippen LogP contribution in [0.5, 0.6) is 5.75 Å². The topological polar surface area (TPSA) is 96.8 Å². The Labute approximate surface area is 169 Å². The van der Waals surface area contributed by atoms with Crippen LogP contribution in [-0.4, -0.2) is 31.3 Å². The van der Waals surface area contributed by atoms with Gasteiger partial charge < -0.3 is 14.9 Å². The van der Waals surface area contributed by atoms with E-state index in [1.54, 1.807) is 28.8 Å². The number of Topliss-reactive ketones (excluding diaryl/α,β-unsaturated/α-hetero) is 1. The Balaban J connectivity index is 1.75. The molecule has 2 heterocycles. The quantitative estimate of drug-likeness (QED) is 0.310. The van der Waals surface area contributed by atoms with Gasteiger partial charge in [-0.1, -0.05) is 24.3 Å². The maximum atomic E-state index is 13.2. The van der Waals surface area contributed by atoms with Crippen molar-refractivity contribution < 1.29 is 24.3 Å². The molecule has 2 N–H and O–H groups in total. The molecule has 0 fully saturated rings. The third-order valence-corrected chi connectivity index (χ3v) is 4.61. The number of aromatic nitrogens is 2. The number of phenolic OH excluding ortho intramolecular Hbond substituents is 1. The van der Waals surface area contributed by atoms with Gasteiger partial charge in [-0.2, -0.15) is 0 Å². The third-order valence-electron chi connectivity index (χ3n) is 4.61. The van der Waals surface area contributed by atoms with E-state index >= 15 is 0 Å². The van der Waals surface area contributed by atoms with Gasteiger partial charge in [0.2, 0.25) is 0 Å². The molecule has 0 aliphatic heterocycles. The lowest BCUT2D eigenvalue weighted by Crippen LogP contribution is -2.16. The highest BCUT2D eigenvalue weighted by atomic mass is 19.1. The average molecular weight is 405 g/mol. The summed E-state index contributed by atoms with van der Waals surface area (Å²) in [6, 6.07) is 13.3. The molecule has 0 saturated heterocycles. The summed E-state index contributed by atoms with van der Waals surface area (Å²) in [5, 5.41) is 20.2. The van der Waals surface area contributed by atoms with Crippen LogP contribution in [0.2, 0.25) is 0 Å². The SMILES string of the molecule is O=C(N=c1ccn(O)cc1)C(=O)c1cn(Cc2ccc(F)cc2)c2c(O)cccc12. The number of fused-ring (bicyclic) bond motifs is 1. The van der Waals surface area contributed by atoms with Gasteiger partial charge in [-0.15, -0.1) is 0 Å². The summed E-state index contributed by atoms with van der Waals surface area (Å²) >= 11 is 0. The summed E-state index contributed by atoms with van der Waals surface area (Å²) in [5.74, 6) is -2.22. The van der Waals surface area contributed by atoms with Crippen LogP contribution in [0.1, 0.15) is 15.9 Å². The van der Waals surface area contributed by atoms with E-state index in [-0.39, 0.29) is 29.0 Å². The van der Waals surface area contributed by atoms with Crippen LogP contribution in [0.4, 0.5) is 4.39 Å². The second kappa shape index (κ2) is 7.67. The number of benzene rings is 2. The van der Waals surface area contributed by atoms with Crippen LogP contribution in [0, 0.1) is 5.82 Å². The molecule has 8 heteroatoms. The first-order valence-electron chi connectivity index (χ1n) is 8.98. The molecule has 0 atom stereocenters. The lowest BCUT2D eigenvalue weighted by atomic mass is 10.1. The molecule has 2 aromatic heterocycles. The number of phenols is 1. The van der Waals surface area contributed by atoms with Crippen molar-refractivity contribution >= 4 is 22.6 Å². The maximum Gasteiger partial charge on any atom is 0.318 e. The second-order valence-corrected chi connectivity index (χ2v) is 6.65. The van der Waals surface area contributed by atoms with E-state index in [1.165, 1.54) is 48.9 Å². The Kier molecular flexibility index (Phi) is 4.89. The first-order chi connectivity index (χ1) is 14.4. The first-order valence-corrected chi connectivity index (χ1v) is 8.98. The van der Waals surface area contributed by atoms with E-state index in [2.05, 4.69) is 4.99 Å². The van der Waals surface area contributed by atoms with Crippen LogP contribution < -0.4 is 5.36 Å². The second-order valence-electron chi connectivity index (χ2n) is 6.65. The Bertz CT molecular complexity index is 1320. The zero-order valence-corrected chi connectivity index (χ0v) is 15.6. The van der Waals surface area contributed by atoms with Crippen LogP contribution in [0.25, 0.3) is 10.9 Å². The average Bonchev–Trinajstić information content (AvgIpc) is 3.10. The number of amides is 1. The van der Waals surface area contributed by atoms with Crippen molar-refractivity contribution in [2.24, 2.45) is 4.99 Å². The molecule has 0 saturated carbocycles. The molecule has 0 unspecified atom stereocenters. The summed E-state index contributed by atoms with van der Waals surface area (Å²) < 4.78 is 15.6. The van der Waals surface area contributed by atoms with Crippen molar-refractivity contribution in [3.8, 4) is 5.75 Å². The molecule has 150 valence electrons. The minimum Gasteiger partial charge on any atom is -0.506 e. The highest BCUT2D eigenvalue weighted by Crippen LogP contribution is 2.30. The van der Waals surface area contributed by atoms with Gasteiger partial charge in [0.15, 0.2) is 0 Å². The number of halogens is 1. The van der Waals surface area contributed by atoms with Crippen molar-refractivity contribution in [1.29, 1.82) is 0 Å². The maximum absolute atomic E-state index is 13.2. The number of rotatable bonds is 4. The number of ketones is 1. The highest BCUT2D eigenvalue weighted by molar-refractivity contribution is 6.45. The van der Waals surface area contributed by atoms with Crippen molar-refractivity contribution in [1.82, 2.24) is 9.30 Å². The lowest BCUT2D eigenvalue weighted by Gasteiger charge is -2.06. The highest BCUT2D eigenvalue weighted by Gasteiger charge is 2.22. The number of nitrogens with zero attached hydrogens (tertiary/aromatic N) is 3. The Morgan fingerprint density at radius 1 is 1.00 bits per heavy atom. The largest absolute Gasteiger partial charge is 0.506 e. The summed E-state index contributed by atoms with van der Waals surface area (Å²) in [6.07, 6.45) is 4.04. The molecule has 0 aliphatic rings. The Hall–Kier alpha value is -4.20. The van der Waals surface area contributed by atoms with Crippen LogP contribution >= 0.6 is 0 Å². The van der Waals surface area contributed by atoms with Crippen molar-refractivity contribution in [2.45, 2.75) is 6.54 Å². The molecular weight excluding hydrogens is 389 g/mol. The molecule has 4 aromatic rings. The fourth-order valence-electron chi connectivity index (χ4n) is 3.20. The van der Waals surface area contributed by atoms with E-state index in [0.29, 0.717) is 10.9 Å². The van der Waals surface area contributed by atoms with E-state index in [9.17, 15) is 24.3 Å². The molecular formula is C22H16FN3O4. The van der Waals surface area contributed by atoms with Crippen LogP contribution in [-0.2, 0) is 11.3 Å². The van der Waals surface area contributed by atoms with Crippen molar-refractivity contribution in [3.05, 3.63) is 95.5 Å². The predicted molar refractivity (Wildman–Crippen MR) is 106 cm³/mol. The number of carbonyl (C=O) groups excluding carboxylic acids is 2. The number of carbonyl (C=O) groups is 2. The minimum absolute atomic E-state index is 0.0476. The molecule has 0 aliphatic carbocycles. The van der Waals surface area contributed by atoms with Gasteiger partial charge in [0.05, 0.1) is 16.4 Å². The van der Waals surface area contributed by atoms with E-state index < -0.39 is 11.7 Å². The molecule has 0 radical (unpaired) electrons. The van der Waals surface area contributed by atoms with Crippen LogP contribution in [0.15, 0.2) is 78.2 Å². The van der Waals surface area contributed by atoms with E-state index in [0.717, 1.165) is 10.3 Å². The molecule has 2 aromatic carbocycles. The number of hydrogen-bond donors (Lipinski definition) is 2. The van der Waals surface area contributed by atoms with Gasteiger partial charge in [-0.25, -0.2) is 14.1 Å². The number of pyridine rings is 1. The molecule has 30 heavy (non-hydrogen) atoms. The summed E-state index contributed by atoms with van der Waals surface area (Å²) in [7, 11) is 0.